The molecule has 15 heteroatoms. The largest absolute Gasteiger partial charge is 2.00 e. The van der Waals surface area contributed by atoms with Gasteiger partial charge >= 0.3 is 16.5 Å². The minimum Gasteiger partial charge on any atom is -0.549 e. The fourth-order valence-corrected chi connectivity index (χ4v) is 1.92. The van der Waals surface area contributed by atoms with Gasteiger partial charge in [-0.05, 0) is 0 Å². The van der Waals surface area contributed by atoms with Crippen molar-refractivity contribution in [3.63, 3.8) is 0 Å². The van der Waals surface area contributed by atoms with Crippen molar-refractivity contribution in [2.45, 2.75) is 0 Å². The Morgan fingerprint density at radius 3 is 1.24 bits per heavy atom. The molecule has 146 valence electrons. The summed E-state index contributed by atoms with van der Waals surface area (Å²) in [6.07, 6.45) is 0. The van der Waals surface area contributed by atoms with Crippen LogP contribution in [-0.2, 0) is 26.1 Å². The van der Waals surface area contributed by atoms with E-state index in [0.717, 1.165) is 11.4 Å². The van der Waals surface area contributed by atoms with Crippen LogP contribution in [-0.4, -0.2) is 45.9 Å². The number of nitrogens with two attached hydrogens (primary N) is 4. The van der Waals surface area contributed by atoms with Gasteiger partial charge in [-0.15, -0.1) is 22.7 Å². The molecule has 0 aliphatic carbocycles. The zero-order valence-corrected chi connectivity index (χ0v) is 15.2. The molecule has 0 radical (unpaired) electrons. The van der Waals surface area contributed by atoms with Gasteiger partial charge in [0, 0.05) is 23.8 Å². The van der Waals surface area contributed by atoms with Gasteiger partial charge in [0.1, 0.15) is 11.4 Å². The van der Waals surface area contributed by atoms with E-state index in [9.17, 15) is 0 Å². The number of nitrogens with zero attached hydrogens (tertiary/aromatic N) is 2. The Kier molecular flexibility index (Phi) is 21.0. The zero-order chi connectivity index (χ0) is 17.1. The van der Waals surface area contributed by atoms with E-state index in [1.165, 1.54) is 22.7 Å². The quantitative estimate of drug-likeness (QED) is 0.330. The number of carbonyl (C=O) groups excluding carboxylic acids is 2. The van der Waals surface area contributed by atoms with E-state index < -0.39 is 11.9 Å². The Morgan fingerprint density at radius 2 is 1.12 bits per heavy atom. The van der Waals surface area contributed by atoms with Crippen molar-refractivity contribution < 1.29 is 47.2 Å². The molecule has 0 amide bonds. The van der Waals surface area contributed by atoms with Crippen molar-refractivity contribution in [2.24, 2.45) is 11.5 Å². The number of aliphatic carboxylic acids is 2. The van der Waals surface area contributed by atoms with E-state index >= 15 is 0 Å². The summed E-state index contributed by atoms with van der Waals surface area (Å²) in [5, 5.41) is 23.1. The molecular weight excluding hydrogens is 423 g/mol. The van der Waals surface area contributed by atoms with Crippen molar-refractivity contribution in [3.8, 4) is 11.4 Å². The SMILES string of the molecule is NCC(=O)[O-].NCC(=O)[O-].Nc1nc(-c2csc(N)n2)cs1.O.O.[Ni+2]. The predicted octanol–water partition coefficient (Wildman–Crippen LogP) is -4.83. The Labute approximate surface area is 160 Å². The molecule has 25 heavy (non-hydrogen) atoms. The molecule has 2 rings (SSSR count). The van der Waals surface area contributed by atoms with E-state index in [0.29, 0.717) is 10.3 Å². The molecule has 0 spiro atoms. The maximum absolute atomic E-state index is 9.13. The van der Waals surface area contributed by atoms with Gasteiger partial charge in [0.05, 0.1) is 11.9 Å². The summed E-state index contributed by atoms with van der Waals surface area (Å²) in [6.45, 7) is -0.778. The molecule has 0 aliphatic rings. The number of nitrogen functional groups attached to an aromatic ring is 2. The third-order valence-electron chi connectivity index (χ3n) is 1.64. The Hall–Kier alpha value is -1.87. The van der Waals surface area contributed by atoms with Crippen LogP contribution in [0.4, 0.5) is 10.3 Å². The molecule has 12 nitrogen and oxygen atoms in total. The molecule has 0 saturated carbocycles. The van der Waals surface area contributed by atoms with E-state index in [-0.39, 0.29) is 40.5 Å². The molecule has 2 aromatic heterocycles. The van der Waals surface area contributed by atoms with Crippen molar-refractivity contribution in [2.75, 3.05) is 24.6 Å². The average Bonchev–Trinajstić information content (AvgIpc) is 3.08. The van der Waals surface area contributed by atoms with Crippen LogP contribution in [0.1, 0.15) is 0 Å². The smallest absolute Gasteiger partial charge is 0.549 e. The number of anilines is 2. The molecule has 0 aromatic carbocycles. The number of carbonyl (C=O) groups is 2. The summed E-state index contributed by atoms with van der Waals surface area (Å²) in [4.78, 5) is 26.4. The number of hydrogen-bond donors (Lipinski definition) is 4. The van der Waals surface area contributed by atoms with Crippen molar-refractivity contribution in [3.05, 3.63) is 10.8 Å². The summed E-state index contributed by atoms with van der Waals surface area (Å²) in [7, 11) is 0. The topological polar surface area (TPSA) is 273 Å². The third-order valence-corrected chi connectivity index (χ3v) is 2.99. The van der Waals surface area contributed by atoms with Crippen LogP contribution in [0.5, 0.6) is 0 Å². The molecule has 0 unspecified atom stereocenters. The standard InChI is InChI=1S/C6H6N4S2.2C2H5NO2.Ni.2H2O/c7-5-9-3(1-11-5)4-2-12-6(8)10-4;2*3-1-2(4)5;;;/h1-2H,(H2,7,9)(H2,8,10);2*1,3H2,(H,4,5);;2*1H2/q;;;+2;;/p-2. The van der Waals surface area contributed by atoms with Crippen LogP contribution in [0, 0.1) is 0 Å². The zero-order valence-electron chi connectivity index (χ0n) is 12.5. The molecule has 0 saturated heterocycles. The second-order valence-electron chi connectivity index (χ2n) is 3.29. The van der Waals surface area contributed by atoms with Crippen LogP contribution in [0.3, 0.4) is 0 Å². The van der Waals surface area contributed by atoms with Crippen LogP contribution in [0.25, 0.3) is 11.4 Å². The summed E-state index contributed by atoms with van der Waals surface area (Å²) < 4.78 is 0. The molecule has 0 bridgehead atoms. The molecule has 0 atom stereocenters. The first-order valence-electron chi connectivity index (χ1n) is 5.52. The Bertz CT molecular complexity index is 558. The Balaban J connectivity index is -0.000000147. The fourth-order valence-electron chi connectivity index (χ4n) is 0.811. The minimum absolute atomic E-state index is 0. The first-order chi connectivity index (χ1) is 10.3. The predicted molar refractivity (Wildman–Crippen MR) is 87.4 cm³/mol. The second kappa shape index (κ2) is 17.0. The summed E-state index contributed by atoms with van der Waals surface area (Å²) >= 11 is 2.80. The van der Waals surface area contributed by atoms with Crippen molar-refractivity contribution in [1.29, 1.82) is 0 Å². The number of aromatic nitrogens is 2. The molecule has 2 heterocycles. The maximum atomic E-state index is 9.13. The first kappa shape index (κ1) is 31.0. The van der Waals surface area contributed by atoms with Crippen LogP contribution in [0.15, 0.2) is 10.8 Å². The van der Waals surface area contributed by atoms with E-state index in [2.05, 4.69) is 21.4 Å². The average molecular weight is 441 g/mol. The summed E-state index contributed by atoms with van der Waals surface area (Å²) in [5.41, 5.74) is 21.6. The van der Waals surface area contributed by atoms with Gasteiger partial charge in [0.15, 0.2) is 10.3 Å². The molecule has 0 aliphatic heterocycles. The van der Waals surface area contributed by atoms with Crippen molar-refractivity contribution >= 4 is 44.9 Å². The van der Waals surface area contributed by atoms with E-state index in [4.69, 9.17) is 31.3 Å². The van der Waals surface area contributed by atoms with Gasteiger partial charge in [-0.1, -0.05) is 0 Å². The fraction of sp³-hybridized carbons (Fsp3) is 0.200. The van der Waals surface area contributed by atoms with E-state index in [1.54, 1.807) is 0 Å². The number of carboxylic acid groups (broad SMARTS) is 2. The van der Waals surface area contributed by atoms with Gasteiger partial charge in [-0.3, -0.25) is 0 Å². The molecule has 12 N–H and O–H groups in total. The van der Waals surface area contributed by atoms with Gasteiger partial charge in [-0.25, -0.2) is 9.97 Å². The number of rotatable bonds is 3. The van der Waals surface area contributed by atoms with Gasteiger partial charge in [0.2, 0.25) is 0 Å². The third kappa shape index (κ3) is 15.4. The summed E-state index contributed by atoms with van der Waals surface area (Å²) in [6, 6.07) is 0. The molecule has 2 aromatic rings. The number of hydrogen-bond acceptors (Lipinski definition) is 12. The molecule has 0 fully saturated rings. The monoisotopic (exact) mass is 440 g/mol. The number of carboxylic acids is 2. The van der Waals surface area contributed by atoms with Gasteiger partial charge in [-0.2, -0.15) is 0 Å². The second-order valence-corrected chi connectivity index (χ2v) is 5.07. The van der Waals surface area contributed by atoms with E-state index in [1.807, 2.05) is 10.8 Å². The van der Waals surface area contributed by atoms with Crippen LogP contribution in [0.2, 0.25) is 0 Å². The normalized spacial score (nSPS) is 7.92. The van der Waals surface area contributed by atoms with Crippen LogP contribution < -0.4 is 33.1 Å². The maximum Gasteiger partial charge on any atom is 2.00 e. The Morgan fingerprint density at radius 1 is 0.880 bits per heavy atom. The van der Waals surface area contributed by atoms with Gasteiger partial charge < -0.3 is 53.7 Å². The summed E-state index contributed by atoms with van der Waals surface area (Å²) in [5.74, 6) is -2.44. The van der Waals surface area contributed by atoms with Gasteiger partial charge in [0.25, 0.3) is 0 Å². The molecular formula is C10H18N6NiO6S2. The minimum atomic E-state index is -1.22. The first-order valence-corrected chi connectivity index (χ1v) is 7.28. The van der Waals surface area contributed by atoms with Crippen molar-refractivity contribution in [1.82, 2.24) is 9.97 Å². The van der Waals surface area contributed by atoms with Crippen LogP contribution >= 0.6 is 22.7 Å². The number of thiazole rings is 2.